The molecule has 2 unspecified atom stereocenters. The van der Waals surface area contributed by atoms with Crippen LogP contribution < -0.4 is 5.32 Å². The van der Waals surface area contributed by atoms with E-state index in [0.29, 0.717) is 36.4 Å². The highest BCUT2D eigenvalue weighted by atomic mass is 35.5. The molecule has 2 heterocycles. The van der Waals surface area contributed by atoms with Crippen molar-refractivity contribution in [3.05, 3.63) is 17.0 Å². The molecule has 1 aliphatic heterocycles. The lowest BCUT2D eigenvalue weighted by atomic mass is 9.97. The van der Waals surface area contributed by atoms with E-state index in [1.807, 2.05) is 20.8 Å². The Labute approximate surface area is 118 Å². The first-order valence-electron chi connectivity index (χ1n) is 6.53. The smallest absolute Gasteiger partial charge is 0.135 e. The van der Waals surface area contributed by atoms with E-state index in [2.05, 4.69) is 15.3 Å². The summed E-state index contributed by atoms with van der Waals surface area (Å²) in [5, 5.41) is 13.9. The maximum absolute atomic E-state index is 10.4. The van der Waals surface area contributed by atoms with Gasteiger partial charge in [-0.1, -0.05) is 25.4 Å². The molecule has 2 rings (SSSR count). The number of rotatable bonds is 4. The van der Waals surface area contributed by atoms with Gasteiger partial charge in [-0.05, 0) is 6.92 Å². The first-order chi connectivity index (χ1) is 8.90. The van der Waals surface area contributed by atoms with E-state index in [-0.39, 0.29) is 12.0 Å². The molecule has 5 nitrogen and oxygen atoms in total. The fraction of sp³-hybridized carbons (Fsp3) is 0.692. The van der Waals surface area contributed by atoms with Gasteiger partial charge in [0, 0.05) is 31.6 Å². The molecule has 0 spiro atoms. The molecule has 2 N–H and O–H groups in total. The average molecular weight is 286 g/mol. The molecular formula is C13H20ClN3O2. The number of nitrogens with zero attached hydrogens (tertiary/aromatic N) is 2. The number of hydrogen-bond donors (Lipinski definition) is 2. The van der Waals surface area contributed by atoms with Gasteiger partial charge >= 0.3 is 0 Å². The minimum atomic E-state index is -0.852. The third-order valence-electron chi connectivity index (χ3n) is 3.46. The number of ether oxygens (including phenoxy) is 1. The quantitative estimate of drug-likeness (QED) is 0.830. The van der Waals surface area contributed by atoms with Crippen molar-refractivity contribution in [2.24, 2.45) is 0 Å². The Hall–Kier alpha value is -0.910. The second kappa shape index (κ2) is 5.61. The van der Waals surface area contributed by atoms with E-state index in [0.717, 1.165) is 0 Å². The zero-order valence-electron chi connectivity index (χ0n) is 11.5. The highest BCUT2D eigenvalue weighted by Crippen LogP contribution is 2.26. The number of nitrogens with one attached hydrogen (secondary N) is 1. The van der Waals surface area contributed by atoms with Crippen LogP contribution in [-0.4, -0.2) is 39.9 Å². The number of halogens is 1. The molecule has 19 heavy (non-hydrogen) atoms. The molecule has 0 aliphatic carbocycles. The summed E-state index contributed by atoms with van der Waals surface area (Å²) in [6, 6.07) is 1.66. The highest BCUT2D eigenvalue weighted by molar-refractivity contribution is 6.29. The van der Waals surface area contributed by atoms with Crippen LogP contribution in [0.5, 0.6) is 0 Å². The molecule has 0 radical (unpaired) electrons. The van der Waals surface area contributed by atoms with E-state index in [9.17, 15) is 5.11 Å². The maximum Gasteiger partial charge on any atom is 0.135 e. The number of aliphatic hydroxyl groups is 1. The molecule has 2 atom stereocenters. The third-order valence-corrected chi connectivity index (χ3v) is 3.66. The van der Waals surface area contributed by atoms with Crippen LogP contribution in [0, 0.1) is 0 Å². The van der Waals surface area contributed by atoms with Crippen LogP contribution in [0.4, 0.5) is 5.82 Å². The molecule has 1 aromatic heterocycles. The van der Waals surface area contributed by atoms with E-state index in [1.165, 1.54) is 0 Å². The van der Waals surface area contributed by atoms with Crippen LogP contribution in [0.1, 0.15) is 38.9 Å². The lowest BCUT2D eigenvalue weighted by Crippen LogP contribution is -2.43. The summed E-state index contributed by atoms with van der Waals surface area (Å²) < 4.78 is 5.39. The molecule has 0 saturated carbocycles. The van der Waals surface area contributed by atoms with Gasteiger partial charge in [0.25, 0.3) is 0 Å². The van der Waals surface area contributed by atoms with Crippen LogP contribution in [0.25, 0.3) is 0 Å². The van der Waals surface area contributed by atoms with Crippen molar-refractivity contribution in [2.45, 2.75) is 44.8 Å². The molecule has 1 fully saturated rings. The summed E-state index contributed by atoms with van der Waals surface area (Å²) in [7, 11) is 0. The molecular weight excluding hydrogens is 266 g/mol. The molecule has 106 valence electrons. The van der Waals surface area contributed by atoms with Crippen molar-refractivity contribution >= 4 is 17.4 Å². The van der Waals surface area contributed by atoms with Gasteiger partial charge in [0.1, 0.15) is 22.4 Å². The number of aromatic nitrogens is 2. The van der Waals surface area contributed by atoms with Gasteiger partial charge in [0.15, 0.2) is 0 Å². The summed E-state index contributed by atoms with van der Waals surface area (Å²) >= 11 is 5.97. The van der Waals surface area contributed by atoms with Crippen molar-refractivity contribution in [2.75, 3.05) is 18.5 Å². The SMILES string of the molecule is CC(C)c1nc(Cl)cc(NCC2(O)CCOC2C)n1. The Morgan fingerprint density at radius 1 is 1.58 bits per heavy atom. The molecule has 0 amide bonds. The molecule has 1 saturated heterocycles. The Balaban J connectivity index is 2.07. The van der Waals surface area contributed by atoms with Gasteiger partial charge in [0.2, 0.25) is 0 Å². The maximum atomic E-state index is 10.4. The van der Waals surface area contributed by atoms with Gasteiger partial charge < -0.3 is 15.2 Å². The first-order valence-corrected chi connectivity index (χ1v) is 6.91. The second-order valence-electron chi connectivity index (χ2n) is 5.31. The Morgan fingerprint density at radius 3 is 2.89 bits per heavy atom. The Morgan fingerprint density at radius 2 is 2.32 bits per heavy atom. The van der Waals surface area contributed by atoms with Crippen molar-refractivity contribution in [1.82, 2.24) is 9.97 Å². The Bertz CT molecular complexity index is 456. The minimum absolute atomic E-state index is 0.179. The van der Waals surface area contributed by atoms with Gasteiger partial charge in [-0.25, -0.2) is 9.97 Å². The molecule has 0 bridgehead atoms. The van der Waals surface area contributed by atoms with Gasteiger partial charge in [-0.3, -0.25) is 0 Å². The van der Waals surface area contributed by atoms with E-state index < -0.39 is 5.60 Å². The van der Waals surface area contributed by atoms with Crippen molar-refractivity contribution in [3.63, 3.8) is 0 Å². The minimum Gasteiger partial charge on any atom is -0.385 e. The second-order valence-corrected chi connectivity index (χ2v) is 5.70. The fourth-order valence-electron chi connectivity index (χ4n) is 2.03. The third kappa shape index (κ3) is 3.35. The van der Waals surface area contributed by atoms with Crippen LogP contribution in [-0.2, 0) is 4.74 Å². The largest absolute Gasteiger partial charge is 0.385 e. The van der Waals surface area contributed by atoms with E-state index >= 15 is 0 Å². The number of anilines is 1. The van der Waals surface area contributed by atoms with Gasteiger partial charge in [0.05, 0.1) is 6.10 Å². The summed E-state index contributed by atoms with van der Waals surface area (Å²) in [5.74, 6) is 1.53. The van der Waals surface area contributed by atoms with Crippen LogP contribution in [0.15, 0.2) is 6.07 Å². The normalized spacial score (nSPS) is 26.9. The average Bonchev–Trinajstić information content (AvgIpc) is 2.67. The molecule has 1 aliphatic rings. The summed E-state index contributed by atoms with van der Waals surface area (Å²) in [6.45, 7) is 6.87. The van der Waals surface area contributed by atoms with Crippen molar-refractivity contribution in [1.29, 1.82) is 0 Å². The van der Waals surface area contributed by atoms with E-state index in [1.54, 1.807) is 6.07 Å². The predicted molar refractivity (Wildman–Crippen MR) is 74.6 cm³/mol. The highest BCUT2D eigenvalue weighted by Gasteiger charge is 2.39. The number of hydrogen-bond acceptors (Lipinski definition) is 5. The standard InChI is InChI=1S/C13H20ClN3O2/c1-8(2)12-16-10(14)6-11(17-12)15-7-13(18)4-5-19-9(13)3/h6,8-9,18H,4-5,7H2,1-3H3,(H,15,16,17). The summed E-state index contributed by atoms with van der Waals surface area (Å²) in [5.41, 5.74) is -0.852. The lowest BCUT2D eigenvalue weighted by Gasteiger charge is -2.26. The summed E-state index contributed by atoms with van der Waals surface area (Å²) in [6.07, 6.45) is 0.443. The molecule has 1 aromatic rings. The zero-order valence-corrected chi connectivity index (χ0v) is 12.2. The van der Waals surface area contributed by atoms with Crippen molar-refractivity contribution < 1.29 is 9.84 Å². The van der Waals surface area contributed by atoms with Crippen molar-refractivity contribution in [3.8, 4) is 0 Å². The lowest BCUT2D eigenvalue weighted by molar-refractivity contribution is -0.0176. The topological polar surface area (TPSA) is 67.3 Å². The molecule has 0 aromatic carbocycles. The first kappa shape index (κ1) is 14.5. The van der Waals surface area contributed by atoms with E-state index in [4.69, 9.17) is 16.3 Å². The Kier molecular flexibility index (Phi) is 4.28. The predicted octanol–water partition coefficient (Wildman–Crippen LogP) is 2.21. The van der Waals surface area contributed by atoms with Crippen LogP contribution >= 0.6 is 11.6 Å². The molecule has 6 heteroatoms. The van der Waals surface area contributed by atoms with Gasteiger partial charge in [-0.15, -0.1) is 0 Å². The summed E-state index contributed by atoms with van der Waals surface area (Å²) in [4.78, 5) is 8.56. The van der Waals surface area contributed by atoms with Gasteiger partial charge in [-0.2, -0.15) is 0 Å². The van der Waals surface area contributed by atoms with Crippen LogP contribution in [0.2, 0.25) is 5.15 Å². The monoisotopic (exact) mass is 285 g/mol. The van der Waals surface area contributed by atoms with Crippen LogP contribution in [0.3, 0.4) is 0 Å². The fourth-order valence-corrected chi connectivity index (χ4v) is 2.22. The zero-order chi connectivity index (χ0) is 14.0.